The molecule has 0 spiro atoms. The van der Waals surface area contributed by atoms with Crippen LogP contribution in [-0.2, 0) is 0 Å². The lowest BCUT2D eigenvalue weighted by Crippen LogP contribution is -2.04. The second kappa shape index (κ2) is 5.00. The Labute approximate surface area is 70.2 Å². The first-order valence-electron chi connectivity index (χ1n) is 4.11. The van der Waals surface area contributed by atoms with Gasteiger partial charge in [0.1, 0.15) is 0 Å². The van der Waals surface area contributed by atoms with Crippen LogP contribution in [0.4, 0.5) is 0 Å². The summed E-state index contributed by atoms with van der Waals surface area (Å²) >= 11 is 0. The third-order valence-corrected chi connectivity index (χ3v) is 1.92. The molecule has 0 bridgehead atoms. The van der Waals surface area contributed by atoms with Crippen LogP contribution in [0.2, 0.25) is 0 Å². The van der Waals surface area contributed by atoms with Crippen molar-refractivity contribution in [1.29, 1.82) is 0 Å². The van der Waals surface area contributed by atoms with Crippen LogP contribution in [0.3, 0.4) is 0 Å². The summed E-state index contributed by atoms with van der Waals surface area (Å²) < 4.78 is 0. The van der Waals surface area contributed by atoms with E-state index in [2.05, 4.69) is 32.3 Å². The van der Waals surface area contributed by atoms with Gasteiger partial charge in [-0.1, -0.05) is 32.6 Å². The fourth-order valence-corrected chi connectivity index (χ4v) is 0.725. The highest BCUT2D eigenvalue weighted by atomic mass is 14.8. The molecular weight excluding hydrogens is 134 g/mol. The van der Waals surface area contributed by atoms with Gasteiger partial charge in [0.25, 0.3) is 0 Å². The molecule has 0 fully saturated rings. The number of nitrogens with one attached hydrogen (secondary N) is 1. The van der Waals surface area contributed by atoms with Crippen LogP contribution in [0.1, 0.15) is 26.7 Å². The highest BCUT2D eigenvalue weighted by molar-refractivity contribution is 5.02. The van der Waals surface area contributed by atoms with Crippen molar-refractivity contribution in [2.24, 2.45) is 5.92 Å². The van der Waals surface area contributed by atoms with Crippen LogP contribution >= 0.6 is 0 Å². The molecule has 0 aliphatic rings. The molecule has 64 valence electrons. The Morgan fingerprint density at radius 2 is 1.82 bits per heavy atom. The lowest BCUT2D eigenvalue weighted by atomic mass is 10.00. The van der Waals surface area contributed by atoms with E-state index >= 15 is 0 Å². The summed E-state index contributed by atoms with van der Waals surface area (Å²) in [5, 5.41) is 3.02. The number of hydrogen-bond acceptors (Lipinski definition) is 1. The van der Waals surface area contributed by atoms with Crippen LogP contribution < -0.4 is 5.32 Å². The lowest BCUT2D eigenvalue weighted by molar-refractivity contribution is 0.700. The summed E-state index contributed by atoms with van der Waals surface area (Å²) in [6, 6.07) is 0. The van der Waals surface area contributed by atoms with Crippen molar-refractivity contribution in [3.63, 3.8) is 0 Å². The van der Waals surface area contributed by atoms with Gasteiger partial charge in [0.05, 0.1) is 0 Å². The van der Waals surface area contributed by atoms with Gasteiger partial charge in [-0.3, -0.25) is 0 Å². The molecule has 0 heterocycles. The summed E-state index contributed by atoms with van der Waals surface area (Å²) in [7, 11) is 1.90. The average Bonchev–Trinajstić information content (AvgIpc) is 1.99. The first-order valence-corrected chi connectivity index (χ1v) is 4.11. The third kappa shape index (κ3) is 4.65. The van der Waals surface area contributed by atoms with Crippen LogP contribution in [0.25, 0.3) is 0 Å². The number of hydrogen-bond donors (Lipinski definition) is 1. The number of allylic oxidation sites excluding steroid dienone is 2. The van der Waals surface area contributed by atoms with Gasteiger partial charge >= 0.3 is 0 Å². The van der Waals surface area contributed by atoms with Gasteiger partial charge < -0.3 is 5.32 Å². The van der Waals surface area contributed by atoms with Crippen molar-refractivity contribution in [2.75, 3.05) is 7.05 Å². The van der Waals surface area contributed by atoms with Crippen LogP contribution in [0.5, 0.6) is 0 Å². The van der Waals surface area contributed by atoms with Crippen molar-refractivity contribution in [3.8, 4) is 0 Å². The smallest absolute Gasteiger partial charge is 0.00342 e. The summed E-state index contributed by atoms with van der Waals surface area (Å²) in [6.07, 6.45) is 2.06. The molecule has 0 rings (SSSR count). The van der Waals surface area contributed by atoms with E-state index in [1.165, 1.54) is 5.57 Å². The maximum Gasteiger partial charge on any atom is 0.00342 e. The van der Waals surface area contributed by atoms with E-state index in [9.17, 15) is 0 Å². The Hall–Kier alpha value is -0.720. The molecule has 0 amide bonds. The Morgan fingerprint density at radius 3 is 2.18 bits per heavy atom. The molecule has 0 saturated carbocycles. The van der Waals surface area contributed by atoms with Crippen molar-refractivity contribution in [1.82, 2.24) is 5.32 Å². The maximum absolute atomic E-state index is 3.99. The summed E-state index contributed by atoms with van der Waals surface area (Å²) in [5.74, 6) is 0.597. The van der Waals surface area contributed by atoms with Crippen LogP contribution in [0.15, 0.2) is 24.4 Å². The Morgan fingerprint density at radius 1 is 1.27 bits per heavy atom. The zero-order valence-corrected chi connectivity index (χ0v) is 7.91. The fourth-order valence-electron chi connectivity index (χ4n) is 0.725. The molecule has 0 aliphatic carbocycles. The Bertz CT molecular complexity index is 145. The second-order valence-corrected chi connectivity index (χ2v) is 3.17. The maximum atomic E-state index is 3.99. The first kappa shape index (κ1) is 10.3. The lowest BCUT2D eigenvalue weighted by Gasteiger charge is -2.09. The minimum Gasteiger partial charge on any atom is -0.392 e. The summed E-state index contributed by atoms with van der Waals surface area (Å²) in [4.78, 5) is 0. The minimum absolute atomic E-state index is 0.597. The van der Waals surface area contributed by atoms with E-state index in [1.807, 2.05) is 7.05 Å². The van der Waals surface area contributed by atoms with E-state index in [-0.39, 0.29) is 0 Å². The molecule has 0 radical (unpaired) electrons. The highest BCUT2D eigenvalue weighted by Crippen LogP contribution is 2.14. The van der Waals surface area contributed by atoms with Crippen molar-refractivity contribution < 1.29 is 0 Å². The predicted molar refractivity (Wildman–Crippen MR) is 51.4 cm³/mol. The van der Waals surface area contributed by atoms with Crippen molar-refractivity contribution in [2.45, 2.75) is 26.7 Å². The van der Waals surface area contributed by atoms with Crippen molar-refractivity contribution >= 4 is 0 Å². The van der Waals surface area contributed by atoms with Crippen LogP contribution in [0, 0.1) is 5.92 Å². The molecule has 0 aromatic carbocycles. The largest absolute Gasteiger partial charge is 0.392 e. The molecular formula is C10H19N. The molecule has 0 atom stereocenters. The zero-order chi connectivity index (χ0) is 8.85. The van der Waals surface area contributed by atoms with Gasteiger partial charge in [-0.25, -0.2) is 0 Å². The van der Waals surface area contributed by atoms with Crippen LogP contribution in [-0.4, -0.2) is 7.05 Å². The van der Waals surface area contributed by atoms with Crippen molar-refractivity contribution in [3.05, 3.63) is 24.4 Å². The predicted octanol–water partition coefficient (Wildman–Crippen LogP) is 2.71. The molecule has 0 unspecified atom stereocenters. The van der Waals surface area contributed by atoms with Gasteiger partial charge in [0.15, 0.2) is 0 Å². The third-order valence-electron chi connectivity index (χ3n) is 1.92. The minimum atomic E-state index is 0.597. The van der Waals surface area contributed by atoms with E-state index in [0.29, 0.717) is 5.92 Å². The quantitative estimate of drug-likeness (QED) is 0.599. The van der Waals surface area contributed by atoms with E-state index in [4.69, 9.17) is 0 Å². The standard InChI is InChI=1S/C10H19N/c1-8(2)9(3)6-7-10(4)11-5/h8,11H,3-4,6-7H2,1-2,5H3. The topological polar surface area (TPSA) is 12.0 Å². The fraction of sp³-hybridized carbons (Fsp3) is 0.600. The molecule has 11 heavy (non-hydrogen) atoms. The molecule has 0 aromatic heterocycles. The second-order valence-electron chi connectivity index (χ2n) is 3.17. The monoisotopic (exact) mass is 153 g/mol. The Balaban J connectivity index is 3.54. The van der Waals surface area contributed by atoms with Gasteiger partial charge in [-0.2, -0.15) is 0 Å². The zero-order valence-electron chi connectivity index (χ0n) is 7.91. The first-order chi connectivity index (χ1) is 5.07. The molecule has 1 N–H and O–H groups in total. The SMILES string of the molecule is C=C(CCC(=C)C(C)C)NC. The molecule has 0 aliphatic heterocycles. The van der Waals surface area contributed by atoms with E-state index < -0.39 is 0 Å². The Kier molecular flexibility index (Phi) is 4.67. The molecule has 0 saturated heterocycles. The van der Waals surface area contributed by atoms with Gasteiger partial charge in [0, 0.05) is 12.7 Å². The number of rotatable bonds is 5. The van der Waals surface area contributed by atoms with E-state index in [0.717, 1.165) is 18.5 Å². The average molecular weight is 153 g/mol. The molecule has 0 aromatic rings. The normalized spacial score (nSPS) is 9.82. The highest BCUT2D eigenvalue weighted by Gasteiger charge is 1.99. The molecule has 1 heteroatoms. The summed E-state index contributed by atoms with van der Waals surface area (Å²) in [6.45, 7) is 12.2. The molecule has 1 nitrogen and oxygen atoms in total. The van der Waals surface area contributed by atoms with Gasteiger partial charge in [-0.15, -0.1) is 0 Å². The van der Waals surface area contributed by atoms with E-state index in [1.54, 1.807) is 0 Å². The van der Waals surface area contributed by atoms with Gasteiger partial charge in [-0.05, 0) is 18.8 Å². The van der Waals surface area contributed by atoms with Gasteiger partial charge in [0.2, 0.25) is 0 Å². The summed E-state index contributed by atoms with van der Waals surface area (Å²) in [5.41, 5.74) is 2.40.